The van der Waals surface area contributed by atoms with Crippen LogP contribution < -0.4 is 5.73 Å². The summed E-state index contributed by atoms with van der Waals surface area (Å²) in [5, 5.41) is 9.28. The molecule has 0 radical (unpaired) electrons. The van der Waals surface area contributed by atoms with E-state index in [0.717, 1.165) is 38.7 Å². The van der Waals surface area contributed by atoms with Gasteiger partial charge in [-0.1, -0.05) is 0 Å². The Kier molecular flexibility index (Phi) is 3.50. The Hall–Kier alpha value is -0.120. The molecule has 1 aliphatic rings. The molecule has 72 valence electrons. The van der Waals surface area contributed by atoms with Gasteiger partial charge in [0.05, 0.1) is 6.10 Å². The Morgan fingerprint density at radius 3 is 2.58 bits per heavy atom. The lowest BCUT2D eigenvalue weighted by Gasteiger charge is -2.35. The van der Waals surface area contributed by atoms with Crippen molar-refractivity contribution in [1.82, 2.24) is 0 Å². The van der Waals surface area contributed by atoms with Crippen LogP contribution in [0.2, 0.25) is 0 Å². The molecule has 1 saturated carbocycles. The highest BCUT2D eigenvalue weighted by atomic mass is 16.5. The predicted molar refractivity (Wildman–Crippen MR) is 47.9 cm³/mol. The first-order valence-corrected chi connectivity index (χ1v) is 4.62. The lowest BCUT2D eigenvalue weighted by atomic mass is 9.79. The fourth-order valence-electron chi connectivity index (χ4n) is 1.73. The molecule has 1 aliphatic carbocycles. The van der Waals surface area contributed by atoms with Gasteiger partial charge in [-0.3, -0.25) is 0 Å². The molecule has 3 heteroatoms. The fraction of sp³-hybridized carbons (Fsp3) is 1.00. The van der Waals surface area contributed by atoms with Crippen molar-refractivity contribution in [2.24, 2.45) is 5.73 Å². The second kappa shape index (κ2) is 4.21. The first-order valence-electron chi connectivity index (χ1n) is 4.62. The standard InChI is InChI=1S/C9H19NO2/c1-12-7-6-9(10)4-2-8(11)3-5-9/h8,11H,2-7,10H2,1H3. The van der Waals surface area contributed by atoms with Crippen LogP contribution in [0, 0.1) is 0 Å². The molecule has 3 N–H and O–H groups in total. The summed E-state index contributed by atoms with van der Waals surface area (Å²) in [6, 6.07) is 0. The molecular weight excluding hydrogens is 154 g/mol. The van der Waals surface area contributed by atoms with Gasteiger partial charge in [-0.15, -0.1) is 0 Å². The molecular formula is C9H19NO2. The monoisotopic (exact) mass is 173 g/mol. The van der Waals surface area contributed by atoms with Crippen molar-refractivity contribution >= 4 is 0 Å². The zero-order valence-electron chi connectivity index (χ0n) is 7.75. The molecule has 0 atom stereocenters. The molecule has 1 rings (SSSR count). The first kappa shape index (κ1) is 9.96. The van der Waals surface area contributed by atoms with Crippen LogP contribution >= 0.6 is 0 Å². The van der Waals surface area contributed by atoms with Crippen LogP contribution in [0.1, 0.15) is 32.1 Å². The summed E-state index contributed by atoms with van der Waals surface area (Å²) in [5.74, 6) is 0. The van der Waals surface area contributed by atoms with Gasteiger partial charge >= 0.3 is 0 Å². The van der Waals surface area contributed by atoms with Gasteiger partial charge in [0, 0.05) is 19.3 Å². The second-order valence-electron chi connectivity index (χ2n) is 3.84. The maximum Gasteiger partial charge on any atom is 0.0541 e. The normalized spacial score (nSPS) is 36.8. The average Bonchev–Trinajstić information content (AvgIpc) is 2.08. The van der Waals surface area contributed by atoms with E-state index in [-0.39, 0.29) is 11.6 Å². The van der Waals surface area contributed by atoms with Crippen LogP contribution in [-0.2, 0) is 4.74 Å². The summed E-state index contributed by atoms with van der Waals surface area (Å²) in [5.41, 5.74) is 6.04. The molecule has 0 aromatic rings. The van der Waals surface area contributed by atoms with E-state index in [1.165, 1.54) is 0 Å². The van der Waals surface area contributed by atoms with Crippen molar-refractivity contribution in [3.8, 4) is 0 Å². The Balaban J connectivity index is 2.29. The summed E-state index contributed by atoms with van der Waals surface area (Å²) in [4.78, 5) is 0. The van der Waals surface area contributed by atoms with Gasteiger partial charge in [0.1, 0.15) is 0 Å². The van der Waals surface area contributed by atoms with Crippen molar-refractivity contribution in [2.45, 2.75) is 43.7 Å². The van der Waals surface area contributed by atoms with Crippen LogP contribution in [0.5, 0.6) is 0 Å². The fourth-order valence-corrected chi connectivity index (χ4v) is 1.73. The molecule has 12 heavy (non-hydrogen) atoms. The number of aliphatic hydroxyl groups excluding tert-OH is 1. The predicted octanol–water partition coefficient (Wildman–Crippen LogP) is 0.655. The third kappa shape index (κ3) is 2.73. The van der Waals surface area contributed by atoms with Crippen molar-refractivity contribution in [3.63, 3.8) is 0 Å². The number of hydrogen-bond acceptors (Lipinski definition) is 3. The van der Waals surface area contributed by atoms with Gasteiger partial charge in [-0.2, -0.15) is 0 Å². The van der Waals surface area contributed by atoms with Gasteiger partial charge in [-0.05, 0) is 32.1 Å². The highest BCUT2D eigenvalue weighted by Crippen LogP contribution is 2.28. The zero-order valence-corrected chi connectivity index (χ0v) is 7.75. The highest BCUT2D eigenvalue weighted by Gasteiger charge is 2.30. The van der Waals surface area contributed by atoms with E-state index in [4.69, 9.17) is 10.5 Å². The SMILES string of the molecule is COCCC1(N)CCC(O)CC1. The second-order valence-corrected chi connectivity index (χ2v) is 3.84. The third-order valence-corrected chi connectivity index (χ3v) is 2.75. The van der Waals surface area contributed by atoms with Crippen molar-refractivity contribution in [1.29, 1.82) is 0 Å². The van der Waals surface area contributed by atoms with Crippen LogP contribution in [0.25, 0.3) is 0 Å². The molecule has 0 aromatic carbocycles. The molecule has 0 unspecified atom stereocenters. The minimum Gasteiger partial charge on any atom is -0.393 e. The van der Waals surface area contributed by atoms with E-state index < -0.39 is 0 Å². The number of hydrogen-bond donors (Lipinski definition) is 2. The quantitative estimate of drug-likeness (QED) is 0.659. The van der Waals surface area contributed by atoms with Crippen LogP contribution in [0.3, 0.4) is 0 Å². The summed E-state index contributed by atoms with van der Waals surface area (Å²) in [6.45, 7) is 0.729. The molecule has 1 fully saturated rings. The van der Waals surface area contributed by atoms with Gasteiger partial charge < -0.3 is 15.6 Å². The highest BCUT2D eigenvalue weighted by molar-refractivity contribution is 4.89. The first-order chi connectivity index (χ1) is 5.66. The van der Waals surface area contributed by atoms with Crippen LogP contribution in [0.15, 0.2) is 0 Å². The Labute approximate surface area is 73.9 Å². The Morgan fingerprint density at radius 1 is 1.50 bits per heavy atom. The van der Waals surface area contributed by atoms with Crippen LogP contribution in [-0.4, -0.2) is 30.5 Å². The number of methoxy groups -OCH3 is 1. The molecule has 0 aromatic heterocycles. The molecule has 0 spiro atoms. The van der Waals surface area contributed by atoms with E-state index in [0.29, 0.717) is 0 Å². The van der Waals surface area contributed by atoms with Crippen molar-refractivity contribution < 1.29 is 9.84 Å². The molecule has 0 heterocycles. The van der Waals surface area contributed by atoms with Crippen LogP contribution in [0.4, 0.5) is 0 Å². The number of ether oxygens (including phenoxy) is 1. The van der Waals surface area contributed by atoms with Crippen molar-refractivity contribution in [3.05, 3.63) is 0 Å². The van der Waals surface area contributed by atoms with Gasteiger partial charge in [0.15, 0.2) is 0 Å². The number of aliphatic hydroxyl groups is 1. The Morgan fingerprint density at radius 2 is 2.08 bits per heavy atom. The summed E-state index contributed by atoms with van der Waals surface area (Å²) >= 11 is 0. The van der Waals surface area contributed by atoms with E-state index in [1.54, 1.807) is 7.11 Å². The molecule has 0 bridgehead atoms. The van der Waals surface area contributed by atoms with E-state index in [1.807, 2.05) is 0 Å². The van der Waals surface area contributed by atoms with E-state index in [2.05, 4.69) is 0 Å². The number of nitrogens with two attached hydrogens (primary N) is 1. The Bertz CT molecular complexity index is 125. The van der Waals surface area contributed by atoms with E-state index in [9.17, 15) is 5.11 Å². The lowest BCUT2D eigenvalue weighted by Crippen LogP contribution is -2.45. The molecule has 3 nitrogen and oxygen atoms in total. The van der Waals surface area contributed by atoms with Gasteiger partial charge in [-0.25, -0.2) is 0 Å². The lowest BCUT2D eigenvalue weighted by molar-refractivity contribution is 0.0801. The largest absolute Gasteiger partial charge is 0.393 e. The average molecular weight is 173 g/mol. The smallest absolute Gasteiger partial charge is 0.0541 e. The van der Waals surface area contributed by atoms with E-state index >= 15 is 0 Å². The summed E-state index contributed by atoms with van der Waals surface area (Å²) in [7, 11) is 1.70. The third-order valence-electron chi connectivity index (χ3n) is 2.75. The maximum absolute atomic E-state index is 9.28. The van der Waals surface area contributed by atoms with Crippen molar-refractivity contribution in [2.75, 3.05) is 13.7 Å². The molecule has 0 saturated heterocycles. The zero-order chi connectivity index (χ0) is 9.03. The minimum absolute atomic E-state index is 0.0742. The van der Waals surface area contributed by atoms with Gasteiger partial charge in [0.2, 0.25) is 0 Å². The number of rotatable bonds is 3. The molecule has 0 amide bonds. The maximum atomic E-state index is 9.28. The summed E-state index contributed by atoms with van der Waals surface area (Å²) < 4.78 is 4.99. The summed E-state index contributed by atoms with van der Waals surface area (Å²) in [6.07, 6.45) is 4.34. The topological polar surface area (TPSA) is 55.5 Å². The van der Waals surface area contributed by atoms with Gasteiger partial charge in [0.25, 0.3) is 0 Å². The minimum atomic E-state index is -0.121. The molecule has 0 aliphatic heterocycles.